The maximum absolute atomic E-state index is 11.5. The molecule has 0 bridgehead atoms. The van der Waals surface area contributed by atoms with Crippen LogP contribution in [-0.2, 0) is 83.8 Å². The summed E-state index contributed by atoms with van der Waals surface area (Å²) in [5.41, 5.74) is 30.0. The molecule has 0 radical (unpaired) electrons. The number of nitrogens with two attached hydrogens (primary N) is 5. The van der Waals surface area contributed by atoms with Gasteiger partial charge in [-0.25, -0.2) is 54.4 Å². The highest BCUT2D eigenvalue weighted by Gasteiger charge is 2.28. The van der Waals surface area contributed by atoms with E-state index < -0.39 is 60.4 Å². The number of rotatable bonds is 24. The number of aliphatic hydroxyl groups excluding tert-OH is 2. The van der Waals surface area contributed by atoms with Crippen LogP contribution in [0, 0.1) is 0 Å². The highest BCUT2D eigenvalue weighted by atomic mass is 31.2. The third-order valence-corrected chi connectivity index (χ3v) is 15.6. The normalized spacial score (nSPS) is 18.3. The summed E-state index contributed by atoms with van der Waals surface area (Å²) in [6.45, 7) is 9.58. The molecule has 0 aliphatic carbocycles. The van der Waals surface area contributed by atoms with Gasteiger partial charge in [0.25, 0.3) is 0 Å². The van der Waals surface area contributed by atoms with Gasteiger partial charge >= 0.3 is 11.4 Å². The number of anilines is 5. The molecule has 8 aromatic rings. The number of ether oxygens (including phenoxy) is 5. The topological polar surface area (TPSA) is 593 Å². The zero-order valence-electron chi connectivity index (χ0n) is 50.8. The van der Waals surface area contributed by atoms with Crippen LogP contribution in [0.2, 0.25) is 0 Å². The van der Waals surface area contributed by atoms with Crippen LogP contribution >= 0.6 is 36.8 Å². The molecule has 5 unspecified atom stereocenters. The van der Waals surface area contributed by atoms with Crippen LogP contribution in [-0.4, -0.2) is 223 Å². The molecule has 9 rings (SSSR count). The van der Waals surface area contributed by atoms with Crippen LogP contribution in [0.5, 0.6) is 0 Å². The molecule has 1 saturated heterocycles. The number of fused-ring (bicyclic) bond motifs is 3. The predicted molar refractivity (Wildman–Crippen MR) is 337 cm³/mol. The summed E-state index contributed by atoms with van der Waals surface area (Å²) in [6.07, 6.45) is 8.84. The van der Waals surface area contributed by atoms with Gasteiger partial charge in [-0.05, 0) is 19.1 Å². The Labute approximate surface area is 523 Å². The first kappa shape index (κ1) is 75.8. The number of aromatic nitrogens is 16. The minimum atomic E-state index is -3.31. The highest BCUT2D eigenvalue weighted by Crippen LogP contribution is 2.45. The van der Waals surface area contributed by atoms with Crippen LogP contribution in [0.4, 0.5) is 29.1 Å². The average molecular weight is 1390 g/mol. The number of imidazole rings is 3. The lowest BCUT2D eigenvalue weighted by Gasteiger charge is -2.27. The van der Waals surface area contributed by atoms with Gasteiger partial charge in [-0.3, -0.25) is 32.0 Å². The molecule has 1 aliphatic heterocycles. The van der Waals surface area contributed by atoms with Crippen molar-refractivity contribution in [1.29, 1.82) is 0 Å². The van der Waals surface area contributed by atoms with Gasteiger partial charge in [0.1, 0.15) is 85.0 Å². The zero-order valence-corrected chi connectivity index (χ0v) is 55.2. The molecule has 8 aromatic heterocycles. The monoisotopic (exact) mass is 1390 g/mol. The second-order valence-corrected chi connectivity index (χ2v) is 32.9. The quantitative estimate of drug-likeness (QED) is 0.0275. The third kappa shape index (κ3) is 26.2. The lowest BCUT2D eigenvalue weighted by atomic mass is 10.3. The van der Waals surface area contributed by atoms with Gasteiger partial charge < -0.3 is 100 Å². The van der Waals surface area contributed by atoms with E-state index in [0.29, 0.717) is 71.4 Å². The summed E-state index contributed by atoms with van der Waals surface area (Å²) in [7, 11) is -15.5. The fourth-order valence-corrected chi connectivity index (χ4v) is 10.4. The molecule has 508 valence electrons. The lowest BCUT2D eigenvalue weighted by molar-refractivity contribution is 0.00381. The molecule has 45 heteroatoms. The molecular formula is C47H76N21O19P5. The van der Waals surface area contributed by atoms with E-state index in [9.17, 15) is 47.3 Å². The van der Waals surface area contributed by atoms with Crippen LogP contribution in [0.15, 0.2) is 72.1 Å². The van der Waals surface area contributed by atoms with Gasteiger partial charge in [0.2, 0.25) is 36.8 Å². The van der Waals surface area contributed by atoms with Gasteiger partial charge in [0.15, 0.2) is 34.4 Å². The van der Waals surface area contributed by atoms with Crippen molar-refractivity contribution < 1.29 is 80.8 Å². The molecule has 0 aromatic carbocycles. The third-order valence-electron chi connectivity index (χ3n) is 11.7. The molecule has 16 N–H and O–H groups in total. The molecule has 9 heterocycles. The Morgan fingerprint density at radius 1 is 0.587 bits per heavy atom. The first-order valence-electron chi connectivity index (χ1n) is 27.1. The number of aliphatic hydroxyl groups is 2. The van der Waals surface area contributed by atoms with E-state index in [4.69, 9.17) is 71.8 Å². The smallest absolute Gasteiger partial charge is 0.349 e. The summed E-state index contributed by atoms with van der Waals surface area (Å²) >= 11 is 0. The van der Waals surface area contributed by atoms with Crippen LogP contribution in [0.25, 0.3) is 33.5 Å². The molecule has 0 spiro atoms. The van der Waals surface area contributed by atoms with E-state index in [2.05, 4.69) is 54.8 Å². The number of nitrogen functional groups attached to an aromatic ring is 5. The standard InChI is InChI=1S/C10H16N5O4P.C10H16N5O3P.C9H14N5O3P.C9H16N3O5P.C9H14N3O4P/c1-20(17,18)6-19-7(3-16)2-15-5-14-8-9(11)12-4-13-10(8)15;1-7(18-6-19(2,16)17)3-15-5-14-8-9(11)12-4-13-10(8)15;1-18(15,16)6-17-3-2-14-5-13-7-8(10)11-4-12-9(7)14;1-18(15,16)6-17-7(5-13)4-12-3-2-8(10)11-9(12)14;1-17(14)6-15-7(5-16-17)4-12-3-2-8(10)11-9(12)13/h4-5,7,16H,2-3,6H2,1H3,(H,17,18)(H2,11,12,13);4-5,7H,3,6H2,1-2H3,(H,16,17)(H2,11,12,13);4-5H,2-3,6H2,1H3,(H,15,16)(H2,10,11,12);2-3,7,13H,4-6H2,1H3,(H,15,16)(H2,10,11,14);2-3,7H,4-6H2,1H3,(H2,10,11,13)/t2*7-;;7-;7-,17?/m01.00/s1. The minimum absolute atomic E-state index is 0.0304. The first-order valence-corrected chi connectivity index (χ1v) is 38.5. The zero-order chi connectivity index (χ0) is 68.2. The fraction of sp³-hybridized carbons (Fsp3) is 0.511. The summed E-state index contributed by atoms with van der Waals surface area (Å²) in [6, 6.07) is 2.97. The number of nitrogens with zero attached hydrogens (tertiary/aromatic N) is 16. The van der Waals surface area contributed by atoms with E-state index >= 15 is 0 Å². The summed E-state index contributed by atoms with van der Waals surface area (Å²) in [5, 5.41) is 18.3. The molecule has 40 nitrogen and oxygen atoms in total. The summed E-state index contributed by atoms with van der Waals surface area (Å²) in [5.74, 6) is 1.21. The van der Waals surface area contributed by atoms with Gasteiger partial charge in [-0.15, -0.1) is 0 Å². The van der Waals surface area contributed by atoms with Crippen molar-refractivity contribution in [3.63, 3.8) is 0 Å². The number of hydrogen-bond acceptors (Lipinski definition) is 31. The summed E-state index contributed by atoms with van der Waals surface area (Å²) in [4.78, 5) is 103. The Balaban J connectivity index is 0.000000209. The minimum Gasteiger partial charge on any atom is -0.394 e. The van der Waals surface area contributed by atoms with Crippen molar-refractivity contribution in [3.05, 3.63) is 83.5 Å². The van der Waals surface area contributed by atoms with E-state index in [1.54, 1.807) is 32.6 Å². The Bertz CT molecular complexity index is 4050. The Morgan fingerprint density at radius 2 is 0.989 bits per heavy atom. The van der Waals surface area contributed by atoms with Gasteiger partial charge in [-0.1, -0.05) is 0 Å². The Morgan fingerprint density at radius 3 is 1.40 bits per heavy atom. The second-order valence-electron chi connectivity index (χ2n) is 20.9. The average Bonchev–Trinajstić information content (AvgIpc) is 1.77. The Kier molecular flexibility index (Phi) is 28.3. The van der Waals surface area contributed by atoms with E-state index in [0.717, 1.165) is 6.66 Å². The van der Waals surface area contributed by atoms with E-state index in [-0.39, 0.29) is 94.3 Å². The first-order chi connectivity index (χ1) is 43.0. The summed E-state index contributed by atoms with van der Waals surface area (Å²) < 4.78 is 94.9. The van der Waals surface area contributed by atoms with Crippen LogP contribution in [0.1, 0.15) is 6.92 Å². The van der Waals surface area contributed by atoms with Gasteiger partial charge in [-0.2, -0.15) is 9.97 Å². The van der Waals surface area contributed by atoms with Crippen molar-refractivity contribution in [2.24, 2.45) is 0 Å². The van der Waals surface area contributed by atoms with Gasteiger partial charge in [0, 0.05) is 52.3 Å². The molecular weight excluding hydrogens is 1320 g/mol. The molecule has 92 heavy (non-hydrogen) atoms. The molecule has 0 amide bonds. The molecule has 1 fully saturated rings. The highest BCUT2D eigenvalue weighted by molar-refractivity contribution is 7.58. The molecule has 0 saturated carbocycles. The van der Waals surface area contributed by atoms with Crippen molar-refractivity contribution in [1.82, 2.24) is 77.7 Å². The maximum Gasteiger partial charge on any atom is 0.349 e. The maximum atomic E-state index is 11.5. The predicted octanol–water partition coefficient (Wildman–Crippen LogP) is -0.235. The van der Waals surface area contributed by atoms with Crippen molar-refractivity contribution in [2.75, 3.05) is 120 Å². The van der Waals surface area contributed by atoms with Crippen molar-refractivity contribution in [2.45, 2.75) is 64.1 Å². The largest absolute Gasteiger partial charge is 0.394 e. The van der Waals surface area contributed by atoms with Crippen molar-refractivity contribution >= 4 is 99.4 Å². The number of hydrogen-bond donors (Lipinski definition) is 11. The molecule has 1 aliphatic rings. The molecule has 9 atom stereocenters. The Hall–Kier alpha value is -6.92. The SMILES string of the molecule is CP(=O)(O)COCCn1cnc2c(N)ncnc21.CP(=O)(O)CO[C@H](CO)Cn1ccc(N)nc1=O.CP(=O)(O)CO[C@H](CO)Cn1cnc2c(N)ncnc21.CP1(=O)CO[C@@H](Cn2ccc(N)nc2=O)CO1.C[C@H](Cn1cnc2c(N)ncnc21)OCP(C)(=O)O. The van der Waals surface area contributed by atoms with Gasteiger partial charge in [0.05, 0.1) is 89.9 Å². The van der Waals surface area contributed by atoms with E-state index in [1.807, 2.05) is 6.92 Å². The van der Waals surface area contributed by atoms with E-state index in [1.165, 1.54) is 79.4 Å². The fourth-order valence-electron chi connectivity index (χ4n) is 7.43. The second kappa shape index (κ2) is 34.3. The van der Waals surface area contributed by atoms with Crippen LogP contribution in [0.3, 0.4) is 0 Å². The lowest BCUT2D eigenvalue weighted by Crippen LogP contribution is -2.34. The van der Waals surface area contributed by atoms with Crippen LogP contribution < -0.4 is 40.0 Å². The van der Waals surface area contributed by atoms with Crippen molar-refractivity contribution in [3.8, 4) is 0 Å².